The Labute approximate surface area is 155 Å². The van der Waals surface area contributed by atoms with Gasteiger partial charge in [0.05, 0.1) is 12.1 Å². The fourth-order valence-electron chi connectivity index (χ4n) is 3.16. The van der Waals surface area contributed by atoms with Crippen molar-refractivity contribution >= 4 is 11.6 Å². The molecule has 0 bridgehead atoms. The summed E-state index contributed by atoms with van der Waals surface area (Å²) in [5.74, 6) is -0.0217. The van der Waals surface area contributed by atoms with E-state index in [1.165, 1.54) is 0 Å². The third-order valence-electron chi connectivity index (χ3n) is 4.67. The molecule has 0 saturated carbocycles. The van der Waals surface area contributed by atoms with E-state index in [2.05, 4.69) is 12.2 Å². The third-order valence-corrected chi connectivity index (χ3v) is 4.67. The maximum absolute atomic E-state index is 12.8. The number of benzene rings is 3. The Morgan fingerprint density at radius 1 is 0.808 bits per heavy atom. The number of hydrogen-bond donors (Lipinski definition) is 1. The summed E-state index contributed by atoms with van der Waals surface area (Å²) in [7, 11) is 1.93. The Morgan fingerprint density at radius 3 is 1.69 bits per heavy atom. The van der Waals surface area contributed by atoms with Crippen molar-refractivity contribution < 1.29 is 4.79 Å². The second-order valence-electron chi connectivity index (χ2n) is 6.60. The number of nitrogens with one attached hydrogen (secondary N) is 1. The van der Waals surface area contributed by atoms with E-state index in [1.54, 1.807) is 0 Å². The molecule has 1 N–H and O–H groups in total. The van der Waals surface area contributed by atoms with Crippen molar-refractivity contribution in [1.82, 2.24) is 5.32 Å². The first-order valence-electron chi connectivity index (χ1n) is 8.78. The van der Waals surface area contributed by atoms with Crippen LogP contribution in [0.4, 0.5) is 5.69 Å². The molecule has 0 spiro atoms. The van der Waals surface area contributed by atoms with Crippen molar-refractivity contribution in [3.05, 3.63) is 102 Å². The van der Waals surface area contributed by atoms with Crippen LogP contribution in [0.2, 0.25) is 0 Å². The minimum Gasteiger partial charge on any atom is -0.365 e. The minimum absolute atomic E-state index is 0.0217. The Balaban J connectivity index is 1.83. The molecule has 3 aromatic carbocycles. The van der Waals surface area contributed by atoms with Crippen LogP contribution in [-0.2, 0) is 10.3 Å². The van der Waals surface area contributed by atoms with Crippen molar-refractivity contribution in [2.75, 3.05) is 18.5 Å². The van der Waals surface area contributed by atoms with Gasteiger partial charge in [0.25, 0.3) is 0 Å². The largest absolute Gasteiger partial charge is 0.365 e. The van der Waals surface area contributed by atoms with Gasteiger partial charge in [-0.05, 0) is 30.2 Å². The van der Waals surface area contributed by atoms with E-state index in [9.17, 15) is 4.79 Å². The molecule has 132 valence electrons. The van der Waals surface area contributed by atoms with E-state index in [0.29, 0.717) is 6.54 Å². The van der Waals surface area contributed by atoms with Gasteiger partial charge in [-0.15, -0.1) is 0 Å². The van der Waals surface area contributed by atoms with E-state index in [1.807, 2.05) is 103 Å². The smallest absolute Gasteiger partial charge is 0.240 e. The number of para-hydroxylation sites is 1. The van der Waals surface area contributed by atoms with Crippen LogP contribution in [-0.4, -0.2) is 19.5 Å². The molecule has 3 aromatic rings. The van der Waals surface area contributed by atoms with Crippen LogP contribution in [0.1, 0.15) is 18.1 Å². The second kappa shape index (κ2) is 7.87. The SMILES string of the molecule is CN(CC(=O)NC(C)(c1ccccc1)c1ccccc1)c1ccccc1. The van der Waals surface area contributed by atoms with E-state index in [4.69, 9.17) is 0 Å². The highest BCUT2D eigenvalue weighted by atomic mass is 16.2. The molecule has 26 heavy (non-hydrogen) atoms. The van der Waals surface area contributed by atoms with Crippen LogP contribution in [0.5, 0.6) is 0 Å². The number of hydrogen-bond acceptors (Lipinski definition) is 2. The lowest BCUT2D eigenvalue weighted by Gasteiger charge is -2.33. The topological polar surface area (TPSA) is 32.3 Å². The molecule has 3 nitrogen and oxygen atoms in total. The van der Waals surface area contributed by atoms with Gasteiger partial charge in [-0.1, -0.05) is 78.9 Å². The molecule has 0 heterocycles. The monoisotopic (exact) mass is 344 g/mol. The predicted octanol–water partition coefficient (Wildman–Crippen LogP) is 4.20. The van der Waals surface area contributed by atoms with Gasteiger partial charge in [-0.25, -0.2) is 0 Å². The Bertz CT molecular complexity index is 792. The summed E-state index contributed by atoms with van der Waals surface area (Å²) in [5, 5.41) is 3.25. The molecule has 0 aromatic heterocycles. The van der Waals surface area contributed by atoms with Crippen molar-refractivity contribution in [2.24, 2.45) is 0 Å². The highest BCUT2D eigenvalue weighted by Crippen LogP contribution is 2.29. The van der Waals surface area contributed by atoms with Crippen LogP contribution in [0, 0.1) is 0 Å². The number of amides is 1. The summed E-state index contributed by atoms with van der Waals surface area (Å²) in [6.45, 7) is 2.34. The maximum atomic E-state index is 12.8. The lowest BCUT2D eigenvalue weighted by atomic mass is 9.84. The van der Waals surface area contributed by atoms with Crippen LogP contribution in [0.25, 0.3) is 0 Å². The summed E-state index contributed by atoms with van der Waals surface area (Å²) in [6, 6.07) is 30.1. The van der Waals surface area contributed by atoms with Crippen molar-refractivity contribution in [3.63, 3.8) is 0 Å². The number of carbonyl (C=O) groups excluding carboxylic acids is 1. The summed E-state index contributed by atoms with van der Waals surface area (Å²) < 4.78 is 0. The van der Waals surface area contributed by atoms with Crippen LogP contribution >= 0.6 is 0 Å². The fraction of sp³-hybridized carbons (Fsp3) is 0.174. The lowest BCUT2D eigenvalue weighted by molar-refractivity contribution is -0.121. The molecule has 1 amide bonds. The summed E-state index contributed by atoms with van der Waals surface area (Å²) in [4.78, 5) is 14.8. The number of nitrogens with zero attached hydrogens (tertiary/aromatic N) is 1. The average Bonchev–Trinajstić information content (AvgIpc) is 2.70. The van der Waals surface area contributed by atoms with Gasteiger partial charge in [0.2, 0.25) is 5.91 Å². The van der Waals surface area contributed by atoms with Gasteiger partial charge in [0, 0.05) is 12.7 Å². The molecule has 0 aliphatic rings. The molecular weight excluding hydrogens is 320 g/mol. The van der Waals surface area contributed by atoms with Crippen molar-refractivity contribution in [3.8, 4) is 0 Å². The minimum atomic E-state index is -0.586. The molecule has 0 aliphatic carbocycles. The molecular formula is C23H24N2O. The normalized spacial score (nSPS) is 11.0. The summed E-state index contributed by atoms with van der Waals surface area (Å²) >= 11 is 0. The third kappa shape index (κ3) is 3.94. The quantitative estimate of drug-likeness (QED) is 0.727. The van der Waals surface area contributed by atoms with E-state index in [0.717, 1.165) is 16.8 Å². The molecule has 3 rings (SSSR count). The Hall–Kier alpha value is -3.07. The molecule has 0 radical (unpaired) electrons. The maximum Gasteiger partial charge on any atom is 0.240 e. The van der Waals surface area contributed by atoms with Crippen LogP contribution in [0.3, 0.4) is 0 Å². The molecule has 0 atom stereocenters. The number of carbonyl (C=O) groups is 1. The van der Waals surface area contributed by atoms with Gasteiger partial charge in [-0.2, -0.15) is 0 Å². The standard InChI is InChI=1S/C23H24N2O/c1-23(19-12-6-3-7-13-19,20-14-8-4-9-15-20)24-22(26)18-25(2)21-16-10-5-11-17-21/h3-17H,18H2,1-2H3,(H,24,26). The lowest BCUT2D eigenvalue weighted by Crippen LogP contribution is -2.47. The van der Waals surface area contributed by atoms with E-state index >= 15 is 0 Å². The molecule has 0 fully saturated rings. The second-order valence-corrected chi connectivity index (χ2v) is 6.60. The summed E-state index contributed by atoms with van der Waals surface area (Å²) in [6.07, 6.45) is 0. The fourth-order valence-corrected chi connectivity index (χ4v) is 3.16. The molecule has 0 aliphatic heterocycles. The predicted molar refractivity (Wildman–Crippen MR) is 107 cm³/mol. The van der Waals surface area contributed by atoms with Crippen LogP contribution < -0.4 is 10.2 Å². The zero-order chi connectivity index (χ0) is 18.4. The molecule has 3 heteroatoms. The first-order valence-corrected chi connectivity index (χ1v) is 8.78. The summed E-state index contributed by atoms with van der Waals surface area (Å²) in [5.41, 5.74) is 2.55. The van der Waals surface area contributed by atoms with Crippen LogP contribution in [0.15, 0.2) is 91.0 Å². The zero-order valence-electron chi connectivity index (χ0n) is 15.2. The first-order chi connectivity index (χ1) is 12.6. The number of likely N-dealkylation sites (N-methyl/N-ethyl adjacent to an activating group) is 1. The van der Waals surface area contributed by atoms with Gasteiger partial charge in [0.15, 0.2) is 0 Å². The first kappa shape index (κ1) is 17.7. The highest BCUT2D eigenvalue weighted by Gasteiger charge is 2.30. The molecule has 0 unspecified atom stereocenters. The highest BCUT2D eigenvalue weighted by molar-refractivity contribution is 5.82. The zero-order valence-corrected chi connectivity index (χ0v) is 15.2. The number of anilines is 1. The number of rotatable bonds is 6. The Morgan fingerprint density at radius 2 is 1.23 bits per heavy atom. The van der Waals surface area contributed by atoms with Gasteiger partial charge < -0.3 is 10.2 Å². The van der Waals surface area contributed by atoms with Gasteiger partial charge in [0.1, 0.15) is 0 Å². The van der Waals surface area contributed by atoms with E-state index in [-0.39, 0.29) is 5.91 Å². The molecule has 0 saturated heterocycles. The van der Waals surface area contributed by atoms with Crippen molar-refractivity contribution in [1.29, 1.82) is 0 Å². The average molecular weight is 344 g/mol. The van der Waals surface area contributed by atoms with E-state index < -0.39 is 5.54 Å². The van der Waals surface area contributed by atoms with Gasteiger partial charge >= 0.3 is 0 Å². The van der Waals surface area contributed by atoms with Crippen molar-refractivity contribution in [2.45, 2.75) is 12.5 Å². The Kier molecular flexibility index (Phi) is 5.37. The van der Waals surface area contributed by atoms with Gasteiger partial charge in [-0.3, -0.25) is 4.79 Å².